The van der Waals surface area contributed by atoms with E-state index in [1.165, 1.54) is 0 Å². The Morgan fingerprint density at radius 2 is 2.00 bits per heavy atom. The topological polar surface area (TPSA) is 75.3 Å². The van der Waals surface area contributed by atoms with Crippen LogP contribution in [0, 0.1) is 6.92 Å². The highest BCUT2D eigenvalue weighted by Gasteiger charge is 2.12. The molecule has 2 rings (SSSR count). The first-order valence-electron chi connectivity index (χ1n) is 6.43. The van der Waals surface area contributed by atoms with Gasteiger partial charge in [0.15, 0.2) is 0 Å². The third-order valence-corrected chi connectivity index (χ3v) is 3.25. The summed E-state index contributed by atoms with van der Waals surface area (Å²) in [7, 11) is 0. The molecule has 0 saturated heterocycles. The molecule has 2 aromatic carbocycles. The Hall–Kier alpha value is -2.49. The maximum atomic E-state index is 12.2. The molecule has 0 saturated carbocycles. The summed E-state index contributed by atoms with van der Waals surface area (Å²) in [5.74, 6) is 0.0240. The summed E-state index contributed by atoms with van der Waals surface area (Å²) in [5, 5.41) is 12.3. The third kappa shape index (κ3) is 3.09. The van der Waals surface area contributed by atoms with Gasteiger partial charge in [-0.25, -0.2) is 0 Å². The van der Waals surface area contributed by atoms with Crippen LogP contribution >= 0.6 is 0 Å². The number of hydrogen-bond acceptors (Lipinski definition) is 3. The number of rotatable bonds is 3. The predicted molar refractivity (Wildman–Crippen MR) is 79.6 cm³/mol. The molecule has 104 valence electrons. The molecule has 2 aromatic rings. The summed E-state index contributed by atoms with van der Waals surface area (Å²) in [6, 6.07) is 11.9. The van der Waals surface area contributed by atoms with E-state index in [1.54, 1.807) is 36.4 Å². The molecule has 0 heterocycles. The van der Waals surface area contributed by atoms with Crippen LogP contribution in [0.4, 0.5) is 5.69 Å². The normalized spacial score (nSPS) is 11.9. The fraction of sp³-hybridized carbons (Fsp3) is 0.188. The van der Waals surface area contributed by atoms with Gasteiger partial charge in [0.2, 0.25) is 0 Å². The third-order valence-electron chi connectivity index (χ3n) is 3.25. The fourth-order valence-corrected chi connectivity index (χ4v) is 1.97. The highest BCUT2D eigenvalue weighted by atomic mass is 16.3. The molecule has 0 radical (unpaired) electrons. The van der Waals surface area contributed by atoms with Gasteiger partial charge in [0, 0.05) is 11.3 Å². The monoisotopic (exact) mass is 270 g/mol. The van der Waals surface area contributed by atoms with Gasteiger partial charge >= 0.3 is 0 Å². The van der Waals surface area contributed by atoms with Crippen molar-refractivity contribution >= 4 is 11.6 Å². The highest BCUT2D eigenvalue weighted by Crippen LogP contribution is 2.19. The fourth-order valence-electron chi connectivity index (χ4n) is 1.97. The molecule has 0 aliphatic rings. The van der Waals surface area contributed by atoms with Crippen LogP contribution in [0.2, 0.25) is 0 Å². The number of phenolic OH excluding ortho intramolecular Hbond substituents is 1. The number of aryl methyl sites for hydroxylation is 1. The van der Waals surface area contributed by atoms with Crippen LogP contribution in [0.3, 0.4) is 0 Å². The highest BCUT2D eigenvalue weighted by molar-refractivity contribution is 5.95. The lowest BCUT2D eigenvalue weighted by Gasteiger charge is -2.15. The van der Waals surface area contributed by atoms with Gasteiger partial charge in [-0.1, -0.05) is 12.1 Å². The number of nitrogen functional groups attached to an aromatic ring is 1. The first-order valence-corrected chi connectivity index (χ1v) is 6.43. The zero-order valence-electron chi connectivity index (χ0n) is 11.6. The van der Waals surface area contributed by atoms with Gasteiger partial charge in [0.1, 0.15) is 5.75 Å². The van der Waals surface area contributed by atoms with Gasteiger partial charge in [-0.2, -0.15) is 0 Å². The van der Waals surface area contributed by atoms with Gasteiger partial charge in [-0.05, 0) is 55.3 Å². The molecule has 0 aromatic heterocycles. The number of nitrogens with two attached hydrogens (primary N) is 1. The van der Waals surface area contributed by atoms with Crippen molar-refractivity contribution in [2.45, 2.75) is 19.9 Å². The Balaban J connectivity index is 2.13. The Bertz CT molecular complexity index is 638. The van der Waals surface area contributed by atoms with Gasteiger partial charge < -0.3 is 16.2 Å². The number of carbonyl (C=O) groups excluding carboxylic acids is 1. The lowest BCUT2D eigenvalue weighted by Crippen LogP contribution is -2.26. The molecule has 1 unspecified atom stereocenters. The Labute approximate surface area is 118 Å². The maximum Gasteiger partial charge on any atom is 0.251 e. The number of phenols is 1. The molecular weight excluding hydrogens is 252 g/mol. The summed E-state index contributed by atoms with van der Waals surface area (Å²) >= 11 is 0. The molecule has 1 atom stereocenters. The lowest BCUT2D eigenvalue weighted by molar-refractivity contribution is 0.0939. The second-order valence-corrected chi connectivity index (χ2v) is 4.86. The van der Waals surface area contributed by atoms with Gasteiger partial charge in [0.05, 0.1) is 6.04 Å². The minimum atomic E-state index is -0.188. The molecule has 20 heavy (non-hydrogen) atoms. The van der Waals surface area contributed by atoms with Crippen molar-refractivity contribution in [2.24, 2.45) is 0 Å². The van der Waals surface area contributed by atoms with Crippen molar-refractivity contribution in [1.29, 1.82) is 0 Å². The van der Waals surface area contributed by atoms with E-state index in [0.717, 1.165) is 11.1 Å². The van der Waals surface area contributed by atoms with E-state index in [1.807, 2.05) is 19.9 Å². The zero-order valence-corrected chi connectivity index (χ0v) is 11.6. The van der Waals surface area contributed by atoms with Gasteiger partial charge in [0.25, 0.3) is 5.91 Å². The second kappa shape index (κ2) is 5.65. The van der Waals surface area contributed by atoms with Crippen molar-refractivity contribution in [3.8, 4) is 5.75 Å². The van der Waals surface area contributed by atoms with Crippen molar-refractivity contribution in [3.63, 3.8) is 0 Å². The van der Waals surface area contributed by atoms with E-state index < -0.39 is 0 Å². The number of carbonyl (C=O) groups is 1. The van der Waals surface area contributed by atoms with E-state index in [2.05, 4.69) is 5.32 Å². The second-order valence-electron chi connectivity index (χ2n) is 4.86. The van der Waals surface area contributed by atoms with E-state index in [9.17, 15) is 9.90 Å². The smallest absolute Gasteiger partial charge is 0.251 e. The van der Waals surface area contributed by atoms with E-state index >= 15 is 0 Å². The van der Waals surface area contributed by atoms with Crippen LogP contribution in [0.5, 0.6) is 5.75 Å². The Kier molecular flexibility index (Phi) is 3.94. The molecule has 4 nitrogen and oxygen atoms in total. The molecule has 0 fully saturated rings. The average molecular weight is 270 g/mol. The molecule has 1 amide bonds. The molecule has 4 N–H and O–H groups in total. The van der Waals surface area contributed by atoms with E-state index in [0.29, 0.717) is 11.3 Å². The molecule has 0 aliphatic carbocycles. The summed E-state index contributed by atoms with van der Waals surface area (Å²) < 4.78 is 0. The van der Waals surface area contributed by atoms with E-state index in [4.69, 9.17) is 5.73 Å². The quantitative estimate of drug-likeness (QED) is 0.751. The van der Waals surface area contributed by atoms with Crippen LogP contribution in [0.25, 0.3) is 0 Å². The van der Waals surface area contributed by atoms with E-state index in [-0.39, 0.29) is 17.7 Å². The van der Waals surface area contributed by atoms with Crippen molar-refractivity contribution < 1.29 is 9.90 Å². The first kappa shape index (κ1) is 13.9. The standard InChI is InChI=1S/C16H18N2O2/c1-10-8-13(6-7-15(10)17)16(20)18-11(2)12-4-3-5-14(19)9-12/h3-9,11,19H,17H2,1-2H3,(H,18,20). The van der Waals surface area contributed by atoms with Crippen LogP contribution < -0.4 is 11.1 Å². The molecular formula is C16H18N2O2. The maximum absolute atomic E-state index is 12.2. The lowest BCUT2D eigenvalue weighted by atomic mass is 10.1. The minimum Gasteiger partial charge on any atom is -0.508 e. The largest absolute Gasteiger partial charge is 0.508 e. The zero-order chi connectivity index (χ0) is 14.7. The summed E-state index contributed by atoms with van der Waals surface area (Å²) in [6.45, 7) is 3.74. The number of amides is 1. The van der Waals surface area contributed by atoms with Crippen molar-refractivity contribution in [3.05, 3.63) is 59.2 Å². The summed E-state index contributed by atoms with van der Waals surface area (Å²) in [6.07, 6.45) is 0. The minimum absolute atomic E-state index is 0.163. The molecule has 0 aliphatic heterocycles. The Morgan fingerprint density at radius 3 is 2.65 bits per heavy atom. The molecule has 4 heteroatoms. The SMILES string of the molecule is Cc1cc(C(=O)NC(C)c2cccc(O)c2)ccc1N. The van der Waals surface area contributed by atoms with Crippen molar-refractivity contribution in [1.82, 2.24) is 5.32 Å². The van der Waals surface area contributed by atoms with Gasteiger partial charge in [-0.3, -0.25) is 4.79 Å². The van der Waals surface area contributed by atoms with Crippen LogP contribution in [-0.4, -0.2) is 11.0 Å². The van der Waals surface area contributed by atoms with Crippen LogP contribution in [0.1, 0.15) is 34.5 Å². The summed E-state index contributed by atoms with van der Waals surface area (Å²) in [4.78, 5) is 12.2. The number of benzene rings is 2. The first-order chi connectivity index (χ1) is 9.47. The van der Waals surface area contributed by atoms with Gasteiger partial charge in [-0.15, -0.1) is 0 Å². The number of hydrogen-bond donors (Lipinski definition) is 3. The number of anilines is 1. The Morgan fingerprint density at radius 1 is 1.25 bits per heavy atom. The van der Waals surface area contributed by atoms with Crippen LogP contribution in [0.15, 0.2) is 42.5 Å². The van der Waals surface area contributed by atoms with Crippen molar-refractivity contribution in [2.75, 3.05) is 5.73 Å². The predicted octanol–water partition coefficient (Wildman–Crippen LogP) is 2.77. The van der Waals surface area contributed by atoms with Crippen LogP contribution in [-0.2, 0) is 0 Å². The average Bonchev–Trinajstić information content (AvgIpc) is 2.41. The number of nitrogens with one attached hydrogen (secondary N) is 1. The number of aromatic hydroxyl groups is 1. The molecule has 0 bridgehead atoms. The summed E-state index contributed by atoms with van der Waals surface area (Å²) in [5.41, 5.74) is 8.71. The molecule has 0 spiro atoms.